The fourth-order valence-electron chi connectivity index (χ4n) is 3.78. The van der Waals surface area contributed by atoms with Crippen LogP contribution in [0.3, 0.4) is 0 Å². The molecule has 6 nitrogen and oxygen atoms in total. The summed E-state index contributed by atoms with van der Waals surface area (Å²) in [6, 6.07) is 13.3. The number of carbonyl (C=O) groups is 1. The van der Waals surface area contributed by atoms with Crippen molar-refractivity contribution in [3.05, 3.63) is 53.1 Å². The van der Waals surface area contributed by atoms with Crippen molar-refractivity contribution < 1.29 is 9.53 Å². The molecule has 2 heterocycles. The standard InChI is InChI=1S/C23H25ClN4O2/c1-3-30-23-21(25-19-10-4-5-11-20(19)27-23)28-13-7-8-16(14-28)22(29)26-18-12-6-9-17(24)15(18)2/h4-6,9-12,16H,3,7-8,13-14H2,1-2H3,(H,26,29). The molecule has 1 aliphatic heterocycles. The fourth-order valence-corrected chi connectivity index (χ4v) is 3.95. The molecule has 1 aromatic heterocycles. The molecule has 3 aromatic rings. The average molecular weight is 425 g/mol. The second kappa shape index (κ2) is 8.88. The second-order valence-corrected chi connectivity index (χ2v) is 7.87. The predicted octanol–water partition coefficient (Wildman–Crippen LogP) is 4.85. The summed E-state index contributed by atoms with van der Waals surface area (Å²) in [4.78, 5) is 24.6. The molecule has 156 valence electrons. The van der Waals surface area contributed by atoms with Crippen LogP contribution in [0.25, 0.3) is 11.0 Å². The lowest BCUT2D eigenvalue weighted by molar-refractivity contribution is -0.120. The van der Waals surface area contributed by atoms with Gasteiger partial charge in [0.05, 0.1) is 23.6 Å². The Morgan fingerprint density at radius 2 is 1.97 bits per heavy atom. The Hall–Kier alpha value is -2.86. The third kappa shape index (κ3) is 4.19. The molecule has 1 atom stereocenters. The molecule has 1 unspecified atom stereocenters. The molecule has 0 radical (unpaired) electrons. The van der Waals surface area contributed by atoms with E-state index in [1.807, 2.05) is 56.3 Å². The number of aromatic nitrogens is 2. The van der Waals surface area contributed by atoms with Gasteiger partial charge in [-0.25, -0.2) is 9.97 Å². The number of nitrogens with zero attached hydrogens (tertiary/aromatic N) is 3. The van der Waals surface area contributed by atoms with E-state index in [2.05, 4.69) is 15.2 Å². The first kappa shape index (κ1) is 20.4. The number of halogens is 1. The molecule has 7 heteroatoms. The smallest absolute Gasteiger partial charge is 0.258 e. The fraction of sp³-hybridized carbons (Fsp3) is 0.348. The highest BCUT2D eigenvalue weighted by Gasteiger charge is 2.29. The lowest BCUT2D eigenvalue weighted by Crippen LogP contribution is -2.41. The number of para-hydroxylation sites is 2. The van der Waals surface area contributed by atoms with E-state index in [0.717, 1.165) is 41.7 Å². The number of benzene rings is 2. The minimum atomic E-state index is -0.153. The number of hydrogen-bond acceptors (Lipinski definition) is 5. The molecular formula is C23H25ClN4O2. The molecule has 0 bridgehead atoms. The molecule has 1 aliphatic rings. The van der Waals surface area contributed by atoms with Crippen molar-refractivity contribution >= 4 is 40.0 Å². The quantitative estimate of drug-likeness (QED) is 0.634. The van der Waals surface area contributed by atoms with Crippen molar-refractivity contribution in [2.75, 3.05) is 29.9 Å². The predicted molar refractivity (Wildman–Crippen MR) is 120 cm³/mol. The van der Waals surface area contributed by atoms with Crippen LogP contribution >= 0.6 is 11.6 Å². The van der Waals surface area contributed by atoms with Crippen LogP contribution < -0.4 is 15.0 Å². The highest BCUT2D eigenvalue weighted by molar-refractivity contribution is 6.31. The third-order valence-corrected chi connectivity index (χ3v) is 5.83. The minimum Gasteiger partial charge on any atom is -0.475 e. The Bertz CT molecular complexity index is 1070. The maximum atomic E-state index is 13.0. The molecule has 0 saturated carbocycles. The van der Waals surface area contributed by atoms with Gasteiger partial charge in [-0.15, -0.1) is 0 Å². The molecule has 1 N–H and O–H groups in total. The zero-order chi connectivity index (χ0) is 21.1. The number of ether oxygens (including phenoxy) is 1. The molecule has 1 saturated heterocycles. The number of hydrogen-bond donors (Lipinski definition) is 1. The third-order valence-electron chi connectivity index (χ3n) is 5.42. The maximum Gasteiger partial charge on any atom is 0.258 e. The van der Waals surface area contributed by atoms with Gasteiger partial charge in [-0.2, -0.15) is 0 Å². The van der Waals surface area contributed by atoms with Crippen molar-refractivity contribution in [1.82, 2.24) is 9.97 Å². The van der Waals surface area contributed by atoms with Crippen molar-refractivity contribution in [3.8, 4) is 5.88 Å². The molecule has 1 amide bonds. The molecular weight excluding hydrogens is 400 g/mol. The summed E-state index contributed by atoms with van der Waals surface area (Å²) in [6.45, 7) is 5.72. The lowest BCUT2D eigenvalue weighted by atomic mass is 9.97. The van der Waals surface area contributed by atoms with Crippen LogP contribution in [0.1, 0.15) is 25.3 Å². The van der Waals surface area contributed by atoms with E-state index in [0.29, 0.717) is 29.9 Å². The van der Waals surface area contributed by atoms with Crippen LogP contribution in [-0.2, 0) is 4.79 Å². The normalized spacial score (nSPS) is 16.5. The van der Waals surface area contributed by atoms with Crippen molar-refractivity contribution in [2.45, 2.75) is 26.7 Å². The Balaban J connectivity index is 1.57. The lowest BCUT2D eigenvalue weighted by Gasteiger charge is -2.33. The van der Waals surface area contributed by atoms with Gasteiger partial charge in [0.15, 0.2) is 5.82 Å². The van der Waals surface area contributed by atoms with Gasteiger partial charge in [0.2, 0.25) is 5.91 Å². The summed E-state index contributed by atoms with van der Waals surface area (Å²) in [5.74, 6) is 1.06. The monoisotopic (exact) mass is 424 g/mol. The van der Waals surface area contributed by atoms with Crippen LogP contribution in [0.5, 0.6) is 5.88 Å². The molecule has 1 fully saturated rings. The van der Waals surface area contributed by atoms with Gasteiger partial charge in [0.1, 0.15) is 0 Å². The van der Waals surface area contributed by atoms with E-state index < -0.39 is 0 Å². The number of nitrogens with one attached hydrogen (secondary N) is 1. The van der Waals surface area contributed by atoms with Gasteiger partial charge in [0, 0.05) is 23.8 Å². The molecule has 0 spiro atoms. The van der Waals surface area contributed by atoms with Crippen molar-refractivity contribution in [3.63, 3.8) is 0 Å². The number of rotatable bonds is 5. The van der Waals surface area contributed by atoms with Crippen LogP contribution in [0, 0.1) is 12.8 Å². The zero-order valence-electron chi connectivity index (χ0n) is 17.2. The molecule has 30 heavy (non-hydrogen) atoms. The van der Waals surface area contributed by atoms with Gasteiger partial charge in [-0.3, -0.25) is 4.79 Å². The van der Waals surface area contributed by atoms with Gasteiger partial charge in [0.25, 0.3) is 5.88 Å². The Morgan fingerprint density at radius 3 is 2.73 bits per heavy atom. The summed E-state index contributed by atoms with van der Waals surface area (Å²) in [5.41, 5.74) is 3.24. The van der Waals surface area contributed by atoms with E-state index in [1.54, 1.807) is 0 Å². The number of piperidine rings is 1. The SMILES string of the molecule is CCOc1nc2ccccc2nc1N1CCCC(C(=O)Nc2cccc(Cl)c2C)C1. The summed E-state index contributed by atoms with van der Waals surface area (Å²) < 4.78 is 5.79. The van der Waals surface area contributed by atoms with Crippen molar-refractivity contribution in [2.24, 2.45) is 5.92 Å². The largest absolute Gasteiger partial charge is 0.475 e. The van der Waals surface area contributed by atoms with Crippen LogP contribution in [0.15, 0.2) is 42.5 Å². The molecule has 4 rings (SSSR count). The number of anilines is 2. The number of amides is 1. The summed E-state index contributed by atoms with van der Waals surface area (Å²) in [5, 5.41) is 3.69. The number of carbonyl (C=O) groups excluding carboxylic acids is 1. The first-order chi connectivity index (χ1) is 14.6. The molecule has 0 aliphatic carbocycles. The van der Waals surface area contributed by atoms with Gasteiger partial charge in [-0.05, 0) is 56.5 Å². The highest BCUT2D eigenvalue weighted by Crippen LogP contribution is 2.31. The van der Waals surface area contributed by atoms with Gasteiger partial charge >= 0.3 is 0 Å². The first-order valence-corrected chi connectivity index (χ1v) is 10.6. The Kier molecular flexibility index (Phi) is 6.04. The average Bonchev–Trinajstić information content (AvgIpc) is 2.77. The maximum absolute atomic E-state index is 13.0. The molecule has 2 aromatic carbocycles. The van der Waals surface area contributed by atoms with E-state index in [9.17, 15) is 4.79 Å². The summed E-state index contributed by atoms with van der Waals surface area (Å²) in [7, 11) is 0. The summed E-state index contributed by atoms with van der Waals surface area (Å²) >= 11 is 6.19. The van der Waals surface area contributed by atoms with Crippen molar-refractivity contribution in [1.29, 1.82) is 0 Å². The van der Waals surface area contributed by atoms with Gasteiger partial charge in [-0.1, -0.05) is 29.8 Å². The van der Waals surface area contributed by atoms with Crippen LogP contribution in [-0.4, -0.2) is 35.6 Å². The topological polar surface area (TPSA) is 67.4 Å². The van der Waals surface area contributed by atoms with Crippen LogP contribution in [0.2, 0.25) is 5.02 Å². The van der Waals surface area contributed by atoms with Gasteiger partial charge < -0.3 is 15.0 Å². The summed E-state index contributed by atoms with van der Waals surface area (Å²) in [6.07, 6.45) is 1.72. The minimum absolute atomic E-state index is 0.00299. The zero-order valence-corrected chi connectivity index (χ0v) is 17.9. The Labute approximate surface area is 181 Å². The van der Waals surface area contributed by atoms with E-state index >= 15 is 0 Å². The van der Waals surface area contributed by atoms with E-state index in [1.165, 1.54) is 0 Å². The second-order valence-electron chi connectivity index (χ2n) is 7.46. The number of fused-ring (bicyclic) bond motifs is 1. The highest BCUT2D eigenvalue weighted by atomic mass is 35.5. The van der Waals surface area contributed by atoms with E-state index in [4.69, 9.17) is 21.3 Å². The van der Waals surface area contributed by atoms with E-state index in [-0.39, 0.29) is 11.8 Å². The Morgan fingerprint density at radius 1 is 1.20 bits per heavy atom. The van der Waals surface area contributed by atoms with Crippen LogP contribution in [0.4, 0.5) is 11.5 Å². The first-order valence-electron chi connectivity index (χ1n) is 10.3.